The van der Waals surface area contributed by atoms with Crippen molar-refractivity contribution < 1.29 is 22.8 Å². The predicted molar refractivity (Wildman–Crippen MR) is 62.2 cm³/mol. The Bertz CT molecular complexity index is 513. The largest absolute Gasteiger partial charge is 0.404 e. The fourth-order valence-electron chi connectivity index (χ4n) is 2.39. The molecule has 8 heteroatoms. The Kier molecular flexibility index (Phi) is 3.43. The van der Waals surface area contributed by atoms with E-state index in [2.05, 4.69) is 0 Å². The van der Waals surface area contributed by atoms with E-state index in [4.69, 9.17) is 23.2 Å². The number of carbonyl (C=O) groups is 2. The first kappa shape index (κ1) is 14.4. The van der Waals surface area contributed by atoms with Crippen LogP contribution in [-0.4, -0.2) is 18.0 Å². The van der Waals surface area contributed by atoms with Crippen molar-refractivity contribution in [2.75, 3.05) is 0 Å². The summed E-state index contributed by atoms with van der Waals surface area (Å²) in [7, 11) is 0. The molecule has 1 unspecified atom stereocenters. The lowest BCUT2D eigenvalue weighted by Crippen LogP contribution is -2.49. The molecule has 1 heterocycles. The Hall–Kier alpha value is -1.01. The second-order valence-electron chi connectivity index (χ2n) is 4.48. The van der Waals surface area contributed by atoms with Gasteiger partial charge in [0.25, 0.3) is 0 Å². The maximum atomic E-state index is 13.3. The van der Waals surface area contributed by atoms with E-state index < -0.39 is 35.7 Å². The molecule has 0 saturated carbocycles. The highest BCUT2D eigenvalue weighted by atomic mass is 35.5. The average molecular weight is 314 g/mol. The number of alkyl halides is 3. The topological polar surface area (TPSA) is 46.2 Å². The van der Waals surface area contributed by atoms with Gasteiger partial charge < -0.3 is 0 Å². The number of carbonyl (C=O) groups excluding carboxylic acids is 2. The van der Waals surface area contributed by atoms with Crippen LogP contribution < -0.4 is 5.32 Å². The smallest absolute Gasteiger partial charge is 0.296 e. The summed E-state index contributed by atoms with van der Waals surface area (Å²) in [5.41, 5.74) is -2.79. The van der Waals surface area contributed by atoms with Gasteiger partial charge >= 0.3 is 6.18 Å². The molecule has 2 rings (SSSR count). The first-order valence-electron chi connectivity index (χ1n) is 5.31. The molecule has 0 aromatic heterocycles. The zero-order valence-corrected chi connectivity index (χ0v) is 10.9. The van der Waals surface area contributed by atoms with Crippen LogP contribution in [0.5, 0.6) is 0 Å². The molecule has 19 heavy (non-hydrogen) atoms. The molecule has 2 atom stereocenters. The molecule has 2 aliphatic rings. The van der Waals surface area contributed by atoms with Gasteiger partial charge in [-0.15, -0.1) is 0 Å². The maximum absolute atomic E-state index is 13.3. The Labute approximate surface area is 116 Å². The SMILES string of the molecule is O=C1C[C@](C2C=C(Cl)C=C(Cl)C2)(C(F)(F)F)C(=O)N1. The minimum Gasteiger partial charge on any atom is -0.296 e. The van der Waals surface area contributed by atoms with Gasteiger partial charge in [-0.2, -0.15) is 13.2 Å². The Morgan fingerprint density at radius 2 is 1.95 bits per heavy atom. The predicted octanol–water partition coefficient (Wildman–Crippen LogP) is 2.85. The van der Waals surface area contributed by atoms with Crippen molar-refractivity contribution in [1.82, 2.24) is 5.32 Å². The summed E-state index contributed by atoms with van der Waals surface area (Å²) in [6.07, 6.45) is -3.55. The van der Waals surface area contributed by atoms with Gasteiger partial charge in [0.05, 0.1) is 6.42 Å². The van der Waals surface area contributed by atoms with Gasteiger partial charge in [0.1, 0.15) is 0 Å². The maximum Gasteiger partial charge on any atom is 0.404 e. The first-order valence-corrected chi connectivity index (χ1v) is 6.07. The van der Waals surface area contributed by atoms with E-state index >= 15 is 0 Å². The molecule has 0 aromatic rings. The van der Waals surface area contributed by atoms with Crippen molar-refractivity contribution in [2.24, 2.45) is 11.3 Å². The lowest BCUT2D eigenvalue weighted by molar-refractivity contribution is -0.228. The van der Waals surface area contributed by atoms with Gasteiger partial charge in [0, 0.05) is 16.0 Å². The number of rotatable bonds is 1. The zero-order chi connectivity index (χ0) is 14.4. The molecule has 0 aromatic carbocycles. The van der Waals surface area contributed by atoms with Gasteiger partial charge in [-0.1, -0.05) is 29.3 Å². The van der Waals surface area contributed by atoms with Crippen LogP contribution in [0, 0.1) is 11.3 Å². The third-order valence-electron chi connectivity index (χ3n) is 3.31. The molecule has 3 nitrogen and oxygen atoms in total. The van der Waals surface area contributed by atoms with Gasteiger partial charge in [-0.05, 0) is 12.5 Å². The number of imide groups is 1. The first-order chi connectivity index (χ1) is 8.66. The summed E-state index contributed by atoms with van der Waals surface area (Å²) in [4.78, 5) is 22.9. The summed E-state index contributed by atoms with van der Waals surface area (Å²) in [6, 6.07) is 0. The van der Waals surface area contributed by atoms with E-state index in [0.717, 1.165) is 6.08 Å². The molecule has 0 spiro atoms. The van der Waals surface area contributed by atoms with Crippen molar-refractivity contribution >= 4 is 35.0 Å². The van der Waals surface area contributed by atoms with E-state index in [1.54, 1.807) is 5.32 Å². The van der Waals surface area contributed by atoms with Gasteiger partial charge in [0.2, 0.25) is 11.8 Å². The Morgan fingerprint density at radius 1 is 1.32 bits per heavy atom. The molecule has 2 amide bonds. The van der Waals surface area contributed by atoms with Crippen LogP contribution in [0.4, 0.5) is 13.2 Å². The molecular formula is C11H8Cl2F3NO2. The van der Waals surface area contributed by atoms with Gasteiger partial charge in [-0.25, -0.2) is 0 Å². The molecule has 1 saturated heterocycles. The molecule has 1 fully saturated rings. The summed E-state index contributed by atoms with van der Waals surface area (Å²) in [6.45, 7) is 0. The number of halogens is 5. The highest BCUT2D eigenvalue weighted by Gasteiger charge is 2.67. The monoisotopic (exact) mass is 313 g/mol. The highest BCUT2D eigenvalue weighted by Crippen LogP contribution is 2.53. The summed E-state index contributed by atoms with van der Waals surface area (Å²) in [5.74, 6) is -3.58. The Balaban J connectivity index is 2.50. The van der Waals surface area contributed by atoms with Gasteiger partial charge in [-0.3, -0.25) is 14.9 Å². The fourth-order valence-corrected chi connectivity index (χ4v) is 3.01. The Morgan fingerprint density at radius 3 is 2.37 bits per heavy atom. The number of amides is 2. The van der Waals surface area contributed by atoms with E-state index in [1.165, 1.54) is 6.08 Å². The number of allylic oxidation sites excluding steroid dienone is 4. The number of hydrogen-bond donors (Lipinski definition) is 1. The quantitative estimate of drug-likeness (QED) is 0.757. The van der Waals surface area contributed by atoms with Crippen molar-refractivity contribution in [3.63, 3.8) is 0 Å². The van der Waals surface area contributed by atoms with E-state index in [0.29, 0.717) is 0 Å². The standard InChI is InChI=1S/C11H8Cl2F3NO2/c12-6-1-5(2-7(13)3-6)10(11(14,15)16)4-8(18)17-9(10)19/h1,3,5H,2,4H2,(H,17,18,19)/t5?,10-/m1/s1. The molecular weight excluding hydrogens is 306 g/mol. The van der Waals surface area contributed by atoms with Crippen LogP contribution >= 0.6 is 23.2 Å². The van der Waals surface area contributed by atoms with Crippen LogP contribution in [0.15, 0.2) is 22.2 Å². The minimum atomic E-state index is -4.86. The third kappa shape index (κ3) is 2.27. The van der Waals surface area contributed by atoms with Crippen molar-refractivity contribution in [1.29, 1.82) is 0 Å². The van der Waals surface area contributed by atoms with Crippen molar-refractivity contribution in [2.45, 2.75) is 19.0 Å². The molecule has 0 bridgehead atoms. The summed E-state index contributed by atoms with van der Waals surface area (Å²) >= 11 is 11.4. The lowest BCUT2D eigenvalue weighted by Gasteiger charge is -2.35. The molecule has 1 N–H and O–H groups in total. The zero-order valence-electron chi connectivity index (χ0n) is 9.35. The van der Waals surface area contributed by atoms with E-state index in [1.807, 2.05) is 0 Å². The third-order valence-corrected chi connectivity index (χ3v) is 3.80. The molecule has 104 valence electrons. The van der Waals surface area contributed by atoms with Crippen molar-refractivity contribution in [3.8, 4) is 0 Å². The molecule has 0 radical (unpaired) electrons. The van der Waals surface area contributed by atoms with Crippen LogP contribution in [0.3, 0.4) is 0 Å². The fraction of sp³-hybridized carbons (Fsp3) is 0.455. The van der Waals surface area contributed by atoms with Crippen LogP contribution in [0.2, 0.25) is 0 Å². The van der Waals surface area contributed by atoms with E-state index in [-0.39, 0.29) is 16.5 Å². The van der Waals surface area contributed by atoms with Crippen LogP contribution in [-0.2, 0) is 9.59 Å². The van der Waals surface area contributed by atoms with Crippen molar-refractivity contribution in [3.05, 3.63) is 22.2 Å². The second kappa shape index (κ2) is 4.52. The number of hydrogen-bond acceptors (Lipinski definition) is 2. The molecule has 1 aliphatic heterocycles. The normalized spacial score (nSPS) is 31.9. The average Bonchev–Trinajstić information content (AvgIpc) is 2.52. The lowest BCUT2D eigenvalue weighted by atomic mass is 9.70. The summed E-state index contributed by atoms with van der Waals surface area (Å²) in [5, 5.41) is 1.85. The van der Waals surface area contributed by atoms with Crippen LogP contribution in [0.25, 0.3) is 0 Å². The summed E-state index contributed by atoms with van der Waals surface area (Å²) < 4.78 is 40.0. The molecule has 1 aliphatic carbocycles. The van der Waals surface area contributed by atoms with Crippen LogP contribution in [0.1, 0.15) is 12.8 Å². The van der Waals surface area contributed by atoms with Gasteiger partial charge in [0.15, 0.2) is 5.41 Å². The minimum absolute atomic E-state index is 0.0250. The highest BCUT2D eigenvalue weighted by molar-refractivity contribution is 6.35. The van der Waals surface area contributed by atoms with E-state index in [9.17, 15) is 22.8 Å². The second-order valence-corrected chi connectivity index (χ2v) is 5.40. The number of nitrogens with one attached hydrogen (secondary N) is 1.